The second-order valence-corrected chi connectivity index (χ2v) is 7.43. The maximum Gasteiger partial charge on any atom is 0.255 e. The minimum Gasteiger partial charge on any atom is -0.493 e. The van der Waals surface area contributed by atoms with Gasteiger partial charge in [0.2, 0.25) is 5.91 Å². The Morgan fingerprint density at radius 3 is 2.61 bits per heavy atom. The molecule has 0 aliphatic carbocycles. The van der Waals surface area contributed by atoms with Crippen LogP contribution in [0, 0.1) is 0 Å². The number of rotatable bonds is 8. The van der Waals surface area contributed by atoms with Crippen molar-refractivity contribution in [3.05, 3.63) is 53.6 Å². The van der Waals surface area contributed by atoms with Gasteiger partial charge in [0, 0.05) is 23.9 Å². The van der Waals surface area contributed by atoms with Crippen molar-refractivity contribution in [1.82, 2.24) is 4.90 Å². The summed E-state index contributed by atoms with van der Waals surface area (Å²) >= 11 is 1.65. The standard InChI is InChI=1S/C21H24N2O4S/c1-26-18-9-8-15(12-19(18)27-2)22-20(24)17(10-11-28-3)23-13-14-6-4-5-7-16(14)21(23)25/h4-9,12,17H,10-11,13H2,1-3H3,(H,22,24). The highest BCUT2D eigenvalue weighted by atomic mass is 32.2. The van der Waals surface area contributed by atoms with Gasteiger partial charge in [-0.2, -0.15) is 11.8 Å². The maximum absolute atomic E-state index is 13.1. The van der Waals surface area contributed by atoms with Crippen LogP contribution in [0.25, 0.3) is 0 Å². The number of benzene rings is 2. The lowest BCUT2D eigenvalue weighted by Crippen LogP contribution is -2.44. The summed E-state index contributed by atoms with van der Waals surface area (Å²) in [5.41, 5.74) is 2.23. The molecule has 0 fully saturated rings. The summed E-state index contributed by atoms with van der Waals surface area (Å²) in [5, 5.41) is 2.92. The molecule has 0 bridgehead atoms. The largest absolute Gasteiger partial charge is 0.493 e. The van der Waals surface area contributed by atoms with Gasteiger partial charge >= 0.3 is 0 Å². The molecule has 1 N–H and O–H groups in total. The van der Waals surface area contributed by atoms with Gasteiger partial charge in [0.05, 0.1) is 14.2 Å². The summed E-state index contributed by atoms with van der Waals surface area (Å²) in [6.07, 6.45) is 2.57. The Morgan fingerprint density at radius 2 is 1.93 bits per heavy atom. The highest BCUT2D eigenvalue weighted by molar-refractivity contribution is 7.98. The molecule has 1 heterocycles. The van der Waals surface area contributed by atoms with E-state index in [4.69, 9.17) is 9.47 Å². The quantitative estimate of drug-likeness (QED) is 0.735. The van der Waals surface area contributed by atoms with Crippen LogP contribution < -0.4 is 14.8 Å². The number of amides is 2. The van der Waals surface area contributed by atoms with Crippen LogP contribution in [0.2, 0.25) is 0 Å². The van der Waals surface area contributed by atoms with E-state index in [-0.39, 0.29) is 11.8 Å². The van der Waals surface area contributed by atoms with Crippen LogP contribution in [-0.2, 0) is 11.3 Å². The fourth-order valence-electron chi connectivity index (χ4n) is 3.33. The van der Waals surface area contributed by atoms with Crippen LogP contribution in [0.1, 0.15) is 22.3 Å². The number of nitrogens with zero attached hydrogens (tertiary/aromatic N) is 1. The van der Waals surface area contributed by atoms with Crippen LogP contribution in [0.3, 0.4) is 0 Å². The number of carbonyl (C=O) groups excluding carboxylic acids is 2. The zero-order chi connectivity index (χ0) is 20.1. The number of fused-ring (bicyclic) bond motifs is 1. The molecule has 1 unspecified atom stereocenters. The van der Waals surface area contributed by atoms with Gasteiger partial charge in [-0.3, -0.25) is 9.59 Å². The Hall–Kier alpha value is -2.67. The fourth-order valence-corrected chi connectivity index (χ4v) is 3.79. The number of thioether (sulfide) groups is 1. The van der Waals surface area contributed by atoms with Crippen molar-refractivity contribution in [2.24, 2.45) is 0 Å². The monoisotopic (exact) mass is 400 g/mol. The third kappa shape index (κ3) is 4.09. The van der Waals surface area contributed by atoms with E-state index in [9.17, 15) is 9.59 Å². The molecule has 28 heavy (non-hydrogen) atoms. The molecule has 7 heteroatoms. The van der Waals surface area contributed by atoms with Crippen molar-refractivity contribution < 1.29 is 19.1 Å². The van der Waals surface area contributed by atoms with E-state index in [1.165, 1.54) is 0 Å². The van der Waals surface area contributed by atoms with Gasteiger partial charge in [0.15, 0.2) is 11.5 Å². The summed E-state index contributed by atoms with van der Waals surface area (Å²) in [6, 6.07) is 12.2. The molecule has 0 radical (unpaired) electrons. The molecule has 0 spiro atoms. The van der Waals surface area contributed by atoms with Crippen LogP contribution in [0.5, 0.6) is 11.5 Å². The predicted molar refractivity (Wildman–Crippen MR) is 111 cm³/mol. The molecule has 1 atom stereocenters. The first-order valence-corrected chi connectivity index (χ1v) is 10.4. The normalized spacial score (nSPS) is 13.8. The summed E-state index contributed by atoms with van der Waals surface area (Å²) in [6.45, 7) is 0.452. The zero-order valence-corrected chi connectivity index (χ0v) is 17.0. The summed E-state index contributed by atoms with van der Waals surface area (Å²) in [4.78, 5) is 27.6. The molecule has 2 amide bonds. The van der Waals surface area contributed by atoms with E-state index in [1.807, 2.05) is 30.5 Å². The number of methoxy groups -OCH3 is 2. The Morgan fingerprint density at radius 1 is 1.18 bits per heavy atom. The molecule has 3 rings (SSSR count). The second-order valence-electron chi connectivity index (χ2n) is 6.45. The second kappa shape index (κ2) is 9.01. The highest BCUT2D eigenvalue weighted by Crippen LogP contribution is 2.31. The smallest absolute Gasteiger partial charge is 0.255 e. The topological polar surface area (TPSA) is 67.9 Å². The van der Waals surface area contributed by atoms with E-state index >= 15 is 0 Å². The zero-order valence-electron chi connectivity index (χ0n) is 16.2. The Labute approximate surface area is 169 Å². The van der Waals surface area contributed by atoms with Crippen LogP contribution >= 0.6 is 11.8 Å². The van der Waals surface area contributed by atoms with E-state index in [2.05, 4.69) is 5.32 Å². The van der Waals surface area contributed by atoms with Gasteiger partial charge in [-0.1, -0.05) is 18.2 Å². The molecule has 1 aliphatic heterocycles. The third-order valence-electron chi connectivity index (χ3n) is 4.77. The highest BCUT2D eigenvalue weighted by Gasteiger charge is 2.35. The van der Waals surface area contributed by atoms with Gasteiger partial charge in [-0.15, -0.1) is 0 Å². The average Bonchev–Trinajstić information content (AvgIpc) is 3.05. The molecule has 2 aromatic carbocycles. The third-order valence-corrected chi connectivity index (χ3v) is 5.42. The number of ether oxygens (including phenoxy) is 2. The number of anilines is 1. The molecule has 6 nitrogen and oxygen atoms in total. The molecule has 0 aromatic heterocycles. The van der Waals surface area contributed by atoms with Crippen LogP contribution in [0.15, 0.2) is 42.5 Å². The summed E-state index contributed by atoms with van der Waals surface area (Å²) < 4.78 is 10.5. The molecular formula is C21H24N2O4S. The van der Waals surface area contributed by atoms with Crippen LogP contribution in [0.4, 0.5) is 5.69 Å². The maximum atomic E-state index is 13.1. The lowest BCUT2D eigenvalue weighted by Gasteiger charge is -2.27. The van der Waals surface area contributed by atoms with Crippen molar-refractivity contribution >= 4 is 29.3 Å². The lowest BCUT2D eigenvalue weighted by atomic mass is 10.1. The number of nitrogens with one attached hydrogen (secondary N) is 1. The van der Waals surface area contributed by atoms with Gasteiger partial charge in [0.1, 0.15) is 6.04 Å². The lowest BCUT2D eigenvalue weighted by molar-refractivity contribution is -0.120. The molecule has 2 aromatic rings. The van der Waals surface area contributed by atoms with Crippen molar-refractivity contribution in [3.8, 4) is 11.5 Å². The average molecular weight is 401 g/mol. The fraction of sp³-hybridized carbons (Fsp3) is 0.333. The van der Waals surface area contributed by atoms with Crippen molar-refractivity contribution in [2.75, 3.05) is 31.5 Å². The van der Waals surface area contributed by atoms with Gasteiger partial charge in [-0.25, -0.2) is 0 Å². The number of hydrogen-bond acceptors (Lipinski definition) is 5. The van der Waals surface area contributed by atoms with Crippen molar-refractivity contribution in [3.63, 3.8) is 0 Å². The Balaban J connectivity index is 1.80. The van der Waals surface area contributed by atoms with Gasteiger partial charge in [-0.05, 0) is 42.2 Å². The predicted octanol–water partition coefficient (Wildman–Crippen LogP) is 3.42. The first-order valence-electron chi connectivity index (χ1n) is 8.99. The molecule has 0 saturated heterocycles. The van der Waals surface area contributed by atoms with E-state index in [1.54, 1.807) is 49.1 Å². The van der Waals surface area contributed by atoms with E-state index in [0.29, 0.717) is 35.7 Å². The van der Waals surface area contributed by atoms with Crippen molar-refractivity contribution in [2.45, 2.75) is 19.0 Å². The SMILES string of the molecule is COc1ccc(NC(=O)C(CCSC)N2Cc3ccccc3C2=O)cc1OC. The number of hydrogen-bond donors (Lipinski definition) is 1. The summed E-state index contributed by atoms with van der Waals surface area (Å²) in [7, 11) is 3.11. The molecule has 148 valence electrons. The van der Waals surface area contributed by atoms with Crippen molar-refractivity contribution in [1.29, 1.82) is 0 Å². The van der Waals surface area contributed by atoms with Gasteiger partial charge < -0.3 is 19.7 Å². The van der Waals surface area contributed by atoms with Gasteiger partial charge in [0.25, 0.3) is 5.91 Å². The summed E-state index contributed by atoms with van der Waals surface area (Å²) in [5.74, 6) is 1.60. The van der Waals surface area contributed by atoms with E-state index < -0.39 is 6.04 Å². The van der Waals surface area contributed by atoms with E-state index in [0.717, 1.165) is 11.3 Å². The minimum absolute atomic E-state index is 0.0934. The Bertz CT molecular complexity index is 871. The first-order chi connectivity index (χ1) is 13.6. The Kier molecular flexibility index (Phi) is 6.46. The minimum atomic E-state index is -0.541. The molecular weight excluding hydrogens is 376 g/mol. The number of carbonyl (C=O) groups is 2. The first kappa shape index (κ1) is 20.1. The molecule has 1 aliphatic rings. The molecule has 0 saturated carbocycles. The van der Waals surface area contributed by atoms with Crippen LogP contribution in [-0.4, -0.2) is 49.0 Å².